The second-order valence-electron chi connectivity index (χ2n) is 6.20. The highest BCUT2D eigenvalue weighted by atomic mass is 16.3. The summed E-state index contributed by atoms with van der Waals surface area (Å²) in [5.74, 6) is 0.366. The number of aliphatic hydroxyl groups is 1. The molecule has 1 aliphatic rings. The lowest BCUT2D eigenvalue weighted by Crippen LogP contribution is -2.48. The van der Waals surface area contributed by atoms with Gasteiger partial charge in [-0.05, 0) is 43.9 Å². The minimum absolute atomic E-state index is 0.00259. The lowest BCUT2D eigenvalue weighted by atomic mass is 10.0. The smallest absolute Gasteiger partial charge is 0.241 e. The number of anilines is 1. The Hall–Kier alpha value is -1.39. The van der Waals surface area contributed by atoms with E-state index < -0.39 is 0 Å². The van der Waals surface area contributed by atoms with Crippen LogP contribution in [-0.4, -0.2) is 41.1 Å². The summed E-state index contributed by atoms with van der Waals surface area (Å²) in [7, 11) is 0. The molecule has 1 aromatic rings. The maximum Gasteiger partial charge on any atom is 0.241 e. The van der Waals surface area contributed by atoms with Gasteiger partial charge in [0.2, 0.25) is 5.91 Å². The van der Waals surface area contributed by atoms with Gasteiger partial charge in [0.1, 0.15) is 0 Å². The van der Waals surface area contributed by atoms with Crippen LogP contribution in [0.4, 0.5) is 5.69 Å². The molecule has 0 aromatic heterocycles. The highest BCUT2D eigenvalue weighted by Gasteiger charge is 2.26. The first-order valence-electron chi connectivity index (χ1n) is 7.81. The van der Waals surface area contributed by atoms with Crippen LogP contribution in [0.3, 0.4) is 0 Å². The molecule has 2 rings (SSSR count). The number of β-amino-alcohol motifs (C(OH)–C–C–N with tert-alkyl or cyclic N) is 1. The van der Waals surface area contributed by atoms with Crippen molar-refractivity contribution in [2.45, 2.75) is 51.7 Å². The molecule has 1 heterocycles. The molecule has 21 heavy (non-hydrogen) atoms. The maximum absolute atomic E-state index is 12.5. The Kier molecular flexibility index (Phi) is 5.37. The van der Waals surface area contributed by atoms with Crippen molar-refractivity contribution < 1.29 is 9.90 Å². The van der Waals surface area contributed by atoms with Crippen molar-refractivity contribution in [1.29, 1.82) is 0 Å². The topological polar surface area (TPSA) is 52.6 Å². The normalized spacial score (nSPS) is 21.3. The summed E-state index contributed by atoms with van der Waals surface area (Å²) < 4.78 is 0. The number of carbonyl (C=O) groups excluding carboxylic acids is 1. The molecule has 1 aromatic carbocycles. The van der Waals surface area contributed by atoms with Gasteiger partial charge in [0, 0.05) is 12.2 Å². The van der Waals surface area contributed by atoms with Crippen LogP contribution in [-0.2, 0) is 4.79 Å². The van der Waals surface area contributed by atoms with Crippen molar-refractivity contribution >= 4 is 11.6 Å². The van der Waals surface area contributed by atoms with E-state index in [9.17, 15) is 9.90 Å². The predicted molar refractivity (Wildman–Crippen MR) is 85.4 cm³/mol. The number of carbonyl (C=O) groups is 1. The average molecular weight is 290 g/mol. The van der Waals surface area contributed by atoms with Gasteiger partial charge < -0.3 is 10.4 Å². The minimum atomic E-state index is -0.308. The number of aliphatic hydroxyl groups excluding tert-OH is 1. The van der Waals surface area contributed by atoms with E-state index in [4.69, 9.17) is 0 Å². The molecule has 0 bridgehead atoms. The first kappa shape index (κ1) is 16.0. The minimum Gasteiger partial charge on any atom is -0.392 e. The van der Waals surface area contributed by atoms with Gasteiger partial charge in [-0.15, -0.1) is 0 Å². The fourth-order valence-corrected chi connectivity index (χ4v) is 2.85. The maximum atomic E-state index is 12.5. The van der Waals surface area contributed by atoms with Crippen molar-refractivity contribution in [2.75, 3.05) is 18.4 Å². The van der Waals surface area contributed by atoms with Gasteiger partial charge in [-0.1, -0.05) is 32.0 Å². The molecule has 1 aliphatic heterocycles. The average Bonchev–Trinajstić information content (AvgIpc) is 2.46. The third kappa shape index (κ3) is 4.05. The van der Waals surface area contributed by atoms with E-state index in [0.29, 0.717) is 12.5 Å². The van der Waals surface area contributed by atoms with Crippen LogP contribution in [0.1, 0.15) is 45.1 Å². The molecule has 0 saturated carbocycles. The largest absolute Gasteiger partial charge is 0.392 e. The third-order valence-electron chi connectivity index (χ3n) is 4.20. The molecule has 1 fully saturated rings. The first-order valence-corrected chi connectivity index (χ1v) is 7.81. The summed E-state index contributed by atoms with van der Waals surface area (Å²) in [6, 6.07) is 7.72. The van der Waals surface area contributed by atoms with Gasteiger partial charge in [-0.3, -0.25) is 9.69 Å². The Balaban J connectivity index is 2.04. The van der Waals surface area contributed by atoms with Gasteiger partial charge in [-0.25, -0.2) is 0 Å². The van der Waals surface area contributed by atoms with Crippen LogP contribution in [0.25, 0.3) is 0 Å². The Bertz CT molecular complexity index is 487. The molecule has 2 N–H and O–H groups in total. The lowest BCUT2D eigenvalue weighted by Gasteiger charge is -2.34. The number of amides is 1. The molecule has 0 spiro atoms. The summed E-state index contributed by atoms with van der Waals surface area (Å²) in [6.07, 6.45) is 1.47. The van der Waals surface area contributed by atoms with E-state index >= 15 is 0 Å². The predicted octanol–water partition coefficient (Wildman–Crippen LogP) is 2.59. The number of para-hydroxylation sites is 1. The molecule has 0 radical (unpaired) electrons. The molecule has 4 nitrogen and oxygen atoms in total. The fourth-order valence-electron chi connectivity index (χ4n) is 2.85. The van der Waals surface area contributed by atoms with Crippen LogP contribution >= 0.6 is 0 Å². The van der Waals surface area contributed by atoms with Crippen molar-refractivity contribution in [3.8, 4) is 0 Å². The van der Waals surface area contributed by atoms with Crippen molar-refractivity contribution in [1.82, 2.24) is 4.90 Å². The van der Waals surface area contributed by atoms with E-state index in [2.05, 4.69) is 30.1 Å². The number of hydrogen-bond acceptors (Lipinski definition) is 3. The highest BCUT2D eigenvalue weighted by Crippen LogP contribution is 2.24. The van der Waals surface area contributed by atoms with Crippen LogP contribution in [0.15, 0.2) is 24.3 Å². The van der Waals surface area contributed by atoms with Crippen molar-refractivity contribution in [2.24, 2.45) is 0 Å². The summed E-state index contributed by atoms with van der Waals surface area (Å²) in [5.41, 5.74) is 2.04. The van der Waals surface area contributed by atoms with E-state index in [1.54, 1.807) is 0 Å². The molecule has 2 atom stereocenters. The standard InChI is InChI=1S/C17H26N2O2/c1-12(2)15-8-4-5-9-16(15)18-17(21)13(3)19-10-6-7-14(20)11-19/h4-5,8-9,12-14,20H,6-7,10-11H2,1-3H3,(H,18,21). The number of piperidine rings is 1. The third-order valence-corrected chi connectivity index (χ3v) is 4.20. The molecule has 4 heteroatoms. The Morgan fingerprint density at radius 3 is 2.71 bits per heavy atom. The summed E-state index contributed by atoms with van der Waals surface area (Å²) in [6.45, 7) is 7.61. The van der Waals surface area contributed by atoms with Gasteiger partial charge in [-0.2, -0.15) is 0 Å². The number of nitrogens with zero attached hydrogens (tertiary/aromatic N) is 1. The van der Waals surface area contributed by atoms with Crippen LogP contribution < -0.4 is 5.32 Å². The van der Waals surface area contributed by atoms with E-state index in [-0.39, 0.29) is 18.1 Å². The Labute approximate surface area is 127 Å². The summed E-state index contributed by atoms with van der Waals surface area (Å²) in [5, 5.41) is 12.8. The van der Waals surface area contributed by atoms with Gasteiger partial charge in [0.05, 0.1) is 12.1 Å². The van der Waals surface area contributed by atoms with E-state index in [1.165, 1.54) is 0 Å². The fraction of sp³-hybridized carbons (Fsp3) is 0.588. The number of nitrogens with one attached hydrogen (secondary N) is 1. The summed E-state index contributed by atoms with van der Waals surface area (Å²) in [4.78, 5) is 14.5. The number of rotatable bonds is 4. The van der Waals surface area contributed by atoms with Gasteiger partial charge >= 0.3 is 0 Å². The Morgan fingerprint density at radius 1 is 1.33 bits per heavy atom. The first-order chi connectivity index (χ1) is 9.99. The molecule has 116 valence electrons. The molecular weight excluding hydrogens is 264 g/mol. The quantitative estimate of drug-likeness (QED) is 0.896. The van der Waals surface area contributed by atoms with Crippen LogP contribution in [0, 0.1) is 0 Å². The number of benzene rings is 1. The van der Waals surface area contributed by atoms with E-state index in [1.807, 2.05) is 25.1 Å². The van der Waals surface area contributed by atoms with Gasteiger partial charge in [0.25, 0.3) is 0 Å². The van der Waals surface area contributed by atoms with Crippen LogP contribution in [0.2, 0.25) is 0 Å². The van der Waals surface area contributed by atoms with Gasteiger partial charge in [0.15, 0.2) is 0 Å². The number of hydrogen-bond donors (Lipinski definition) is 2. The Morgan fingerprint density at radius 2 is 2.05 bits per heavy atom. The molecule has 0 aliphatic carbocycles. The molecule has 1 amide bonds. The SMILES string of the molecule is CC(C)c1ccccc1NC(=O)C(C)N1CCCC(O)C1. The second kappa shape index (κ2) is 7.05. The summed E-state index contributed by atoms with van der Waals surface area (Å²) >= 11 is 0. The molecular formula is C17H26N2O2. The lowest BCUT2D eigenvalue weighted by molar-refractivity contribution is -0.121. The molecule has 2 unspecified atom stereocenters. The number of likely N-dealkylation sites (tertiary alicyclic amines) is 1. The van der Waals surface area contributed by atoms with Crippen molar-refractivity contribution in [3.05, 3.63) is 29.8 Å². The van der Waals surface area contributed by atoms with Crippen molar-refractivity contribution in [3.63, 3.8) is 0 Å². The van der Waals surface area contributed by atoms with E-state index in [0.717, 1.165) is 30.6 Å². The monoisotopic (exact) mass is 290 g/mol. The molecule has 1 saturated heterocycles. The zero-order valence-electron chi connectivity index (χ0n) is 13.2. The zero-order valence-corrected chi connectivity index (χ0v) is 13.2. The van der Waals surface area contributed by atoms with Crippen LogP contribution in [0.5, 0.6) is 0 Å². The second-order valence-corrected chi connectivity index (χ2v) is 6.20. The highest BCUT2D eigenvalue weighted by molar-refractivity contribution is 5.95. The zero-order chi connectivity index (χ0) is 15.4.